The minimum Gasteiger partial charge on any atom is -0.480 e. The number of para-hydroxylation sites is 2. The first kappa shape index (κ1) is 15.5. The van der Waals surface area contributed by atoms with Crippen LogP contribution in [0.15, 0.2) is 24.3 Å². The number of aliphatic carboxylic acids is 1. The van der Waals surface area contributed by atoms with Gasteiger partial charge >= 0.3 is 5.97 Å². The van der Waals surface area contributed by atoms with Gasteiger partial charge in [0.1, 0.15) is 11.4 Å². The zero-order chi connectivity index (χ0) is 16.3. The highest BCUT2D eigenvalue weighted by molar-refractivity contribution is 5.87. The Morgan fingerprint density at radius 1 is 1.30 bits per heavy atom. The summed E-state index contributed by atoms with van der Waals surface area (Å²) in [5, 5.41) is 12.1. The van der Waals surface area contributed by atoms with Crippen molar-refractivity contribution in [3.05, 3.63) is 30.1 Å². The van der Waals surface area contributed by atoms with Crippen molar-refractivity contribution in [2.75, 3.05) is 13.2 Å². The number of hydrogen-bond donors (Lipinski definition) is 3. The average Bonchev–Trinajstić information content (AvgIpc) is 2.96. The number of carboxylic acids is 1. The number of nitrogens with zero attached hydrogens (tertiary/aromatic N) is 1. The largest absolute Gasteiger partial charge is 0.480 e. The number of amides is 1. The first-order valence-corrected chi connectivity index (χ1v) is 7.65. The average molecular weight is 317 g/mol. The van der Waals surface area contributed by atoms with Crippen molar-refractivity contribution in [1.29, 1.82) is 0 Å². The van der Waals surface area contributed by atoms with Gasteiger partial charge in [-0.25, -0.2) is 9.78 Å². The number of ether oxygens (including phenoxy) is 1. The van der Waals surface area contributed by atoms with E-state index in [0.717, 1.165) is 16.9 Å². The summed E-state index contributed by atoms with van der Waals surface area (Å²) in [5.74, 6) is -0.564. The van der Waals surface area contributed by atoms with E-state index in [1.54, 1.807) is 0 Å². The third kappa shape index (κ3) is 3.34. The lowest BCUT2D eigenvalue weighted by Gasteiger charge is -2.33. The van der Waals surface area contributed by atoms with Crippen LogP contribution in [0.2, 0.25) is 0 Å². The predicted molar refractivity (Wildman–Crippen MR) is 83.0 cm³/mol. The molecular formula is C16H19N3O4. The highest BCUT2D eigenvalue weighted by Crippen LogP contribution is 2.21. The Bertz CT molecular complexity index is 686. The van der Waals surface area contributed by atoms with Gasteiger partial charge in [-0.15, -0.1) is 0 Å². The van der Waals surface area contributed by atoms with Crippen molar-refractivity contribution >= 4 is 22.9 Å². The van der Waals surface area contributed by atoms with Crippen LogP contribution in [0.1, 0.15) is 25.1 Å². The summed E-state index contributed by atoms with van der Waals surface area (Å²) in [7, 11) is 0. The Balaban J connectivity index is 1.61. The lowest BCUT2D eigenvalue weighted by Crippen LogP contribution is -2.57. The molecular weight excluding hydrogens is 298 g/mol. The minimum atomic E-state index is -1.21. The second-order valence-corrected chi connectivity index (χ2v) is 5.75. The van der Waals surface area contributed by atoms with E-state index in [-0.39, 0.29) is 12.3 Å². The maximum Gasteiger partial charge on any atom is 0.329 e. The summed E-state index contributed by atoms with van der Waals surface area (Å²) in [6.07, 6.45) is 1.21. The number of fused-ring (bicyclic) bond motifs is 1. The van der Waals surface area contributed by atoms with Gasteiger partial charge in [-0.2, -0.15) is 0 Å². The van der Waals surface area contributed by atoms with Crippen LogP contribution in [-0.2, 0) is 20.7 Å². The highest BCUT2D eigenvalue weighted by Gasteiger charge is 2.41. The molecule has 1 fully saturated rings. The molecule has 0 bridgehead atoms. The van der Waals surface area contributed by atoms with Crippen molar-refractivity contribution in [3.8, 4) is 0 Å². The Morgan fingerprint density at radius 2 is 2.04 bits per heavy atom. The number of H-pyrrole nitrogens is 1. The standard InChI is InChI=1S/C16H19N3O4/c20-14(19-16(15(21)22)7-9-23-10-8-16)6-5-13-17-11-3-1-2-4-12(11)18-13/h1-4H,5-10H2,(H,17,18)(H,19,20)(H,21,22). The van der Waals surface area contributed by atoms with Gasteiger partial charge in [-0.1, -0.05) is 12.1 Å². The van der Waals surface area contributed by atoms with Crippen molar-refractivity contribution in [3.63, 3.8) is 0 Å². The van der Waals surface area contributed by atoms with Gasteiger partial charge in [-0.05, 0) is 12.1 Å². The molecule has 0 unspecified atom stereocenters. The molecule has 1 aliphatic rings. The molecule has 1 aromatic carbocycles. The molecule has 0 atom stereocenters. The van der Waals surface area contributed by atoms with Gasteiger partial charge < -0.3 is 20.1 Å². The zero-order valence-electron chi connectivity index (χ0n) is 12.7. The Morgan fingerprint density at radius 3 is 2.74 bits per heavy atom. The van der Waals surface area contributed by atoms with Crippen molar-refractivity contribution in [1.82, 2.24) is 15.3 Å². The molecule has 3 rings (SSSR count). The van der Waals surface area contributed by atoms with E-state index in [2.05, 4.69) is 15.3 Å². The summed E-state index contributed by atoms with van der Waals surface area (Å²) < 4.78 is 5.19. The topological polar surface area (TPSA) is 104 Å². The molecule has 0 spiro atoms. The lowest BCUT2D eigenvalue weighted by atomic mass is 9.90. The molecule has 2 heterocycles. The van der Waals surface area contributed by atoms with E-state index in [1.165, 1.54) is 0 Å². The molecule has 0 saturated carbocycles. The van der Waals surface area contributed by atoms with E-state index >= 15 is 0 Å². The van der Waals surface area contributed by atoms with Gasteiger partial charge in [0.15, 0.2) is 0 Å². The number of rotatable bonds is 5. The van der Waals surface area contributed by atoms with Gasteiger partial charge in [0, 0.05) is 38.9 Å². The number of nitrogens with one attached hydrogen (secondary N) is 2. The smallest absolute Gasteiger partial charge is 0.329 e. The maximum absolute atomic E-state index is 12.2. The zero-order valence-corrected chi connectivity index (χ0v) is 12.7. The number of hydrogen-bond acceptors (Lipinski definition) is 4. The molecule has 0 aliphatic carbocycles. The van der Waals surface area contributed by atoms with E-state index in [4.69, 9.17) is 4.74 Å². The third-order valence-electron chi connectivity index (χ3n) is 4.16. The summed E-state index contributed by atoms with van der Waals surface area (Å²) in [4.78, 5) is 31.2. The van der Waals surface area contributed by atoms with Crippen LogP contribution in [0, 0.1) is 0 Å². The normalized spacial score (nSPS) is 17.0. The van der Waals surface area contributed by atoms with Crippen LogP contribution in [0.25, 0.3) is 11.0 Å². The van der Waals surface area contributed by atoms with Crippen molar-refractivity contribution in [2.45, 2.75) is 31.2 Å². The summed E-state index contributed by atoms with van der Waals surface area (Å²) in [6, 6.07) is 7.64. The summed E-state index contributed by atoms with van der Waals surface area (Å²) in [6.45, 7) is 0.687. The third-order valence-corrected chi connectivity index (χ3v) is 4.16. The van der Waals surface area contributed by atoms with E-state index in [9.17, 15) is 14.7 Å². The number of aromatic amines is 1. The fourth-order valence-corrected chi connectivity index (χ4v) is 2.80. The lowest BCUT2D eigenvalue weighted by molar-refractivity contribution is -0.152. The van der Waals surface area contributed by atoms with Crippen LogP contribution in [0.3, 0.4) is 0 Å². The van der Waals surface area contributed by atoms with Gasteiger partial charge in [-0.3, -0.25) is 4.79 Å². The molecule has 1 amide bonds. The summed E-state index contributed by atoms with van der Waals surface area (Å²) in [5.41, 5.74) is 0.576. The van der Waals surface area contributed by atoms with E-state index in [1.807, 2.05) is 24.3 Å². The number of carbonyl (C=O) groups excluding carboxylic acids is 1. The molecule has 1 aromatic heterocycles. The van der Waals surface area contributed by atoms with Crippen LogP contribution < -0.4 is 5.32 Å². The number of benzene rings is 1. The maximum atomic E-state index is 12.2. The quantitative estimate of drug-likeness (QED) is 0.770. The fourth-order valence-electron chi connectivity index (χ4n) is 2.80. The van der Waals surface area contributed by atoms with E-state index in [0.29, 0.717) is 32.5 Å². The van der Waals surface area contributed by atoms with Crippen LogP contribution >= 0.6 is 0 Å². The number of aromatic nitrogens is 2. The molecule has 2 aromatic rings. The van der Waals surface area contributed by atoms with Gasteiger partial charge in [0.25, 0.3) is 0 Å². The van der Waals surface area contributed by atoms with Crippen LogP contribution in [0.4, 0.5) is 0 Å². The predicted octanol–water partition coefficient (Wildman–Crippen LogP) is 1.25. The fraction of sp³-hybridized carbons (Fsp3) is 0.438. The van der Waals surface area contributed by atoms with E-state index < -0.39 is 11.5 Å². The van der Waals surface area contributed by atoms with Gasteiger partial charge in [0.05, 0.1) is 11.0 Å². The SMILES string of the molecule is O=C(CCc1nc2ccccc2[nH]1)NC1(C(=O)O)CCOCC1. The molecule has 7 heteroatoms. The molecule has 122 valence electrons. The number of carbonyl (C=O) groups is 2. The second kappa shape index (κ2) is 6.37. The summed E-state index contributed by atoms with van der Waals surface area (Å²) >= 11 is 0. The highest BCUT2D eigenvalue weighted by atomic mass is 16.5. The first-order valence-electron chi connectivity index (χ1n) is 7.65. The van der Waals surface area contributed by atoms with Crippen LogP contribution in [-0.4, -0.2) is 45.7 Å². The van der Waals surface area contributed by atoms with Crippen molar-refractivity contribution < 1.29 is 19.4 Å². The number of imidazole rings is 1. The first-order chi connectivity index (χ1) is 11.1. The number of aryl methyl sites for hydroxylation is 1. The van der Waals surface area contributed by atoms with Gasteiger partial charge in [0.2, 0.25) is 5.91 Å². The van der Waals surface area contributed by atoms with Crippen LogP contribution in [0.5, 0.6) is 0 Å². The molecule has 23 heavy (non-hydrogen) atoms. The molecule has 7 nitrogen and oxygen atoms in total. The molecule has 0 radical (unpaired) electrons. The molecule has 3 N–H and O–H groups in total. The Kier molecular flexibility index (Phi) is 4.29. The minimum absolute atomic E-state index is 0.190. The Labute approximate surface area is 133 Å². The monoisotopic (exact) mass is 317 g/mol. The molecule has 1 aliphatic heterocycles. The number of carboxylic acid groups (broad SMARTS) is 1. The second-order valence-electron chi connectivity index (χ2n) is 5.75. The van der Waals surface area contributed by atoms with Crippen molar-refractivity contribution in [2.24, 2.45) is 0 Å². The molecule has 1 saturated heterocycles. The Hall–Kier alpha value is -2.41.